The van der Waals surface area contributed by atoms with E-state index in [9.17, 15) is 19.2 Å². The van der Waals surface area contributed by atoms with Crippen LogP contribution in [0.15, 0.2) is 12.1 Å². The summed E-state index contributed by atoms with van der Waals surface area (Å²) in [6.07, 6.45) is 7.75. The molecule has 46 heavy (non-hydrogen) atoms. The zero-order valence-corrected chi connectivity index (χ0v) is 29.6. The van der Waals surface area contributed by atoms with E-state index >= 15 is 0 Å². The number of benzene rings is 2. The van der Waals surface area contributed by atoms with E-state index in [4.69, 9.17) is 88.6 Å². The lowest BCUT2D eigenvalue weighted by Crippen LogP contribution is -2.27. The highest BCUT2D eigenvalue weighted by Gasteiger charge is 2.33. The first-order valence-electron chi connectivity index (χ1n) is 14.9. The molecule has 2 aliphatic carbocycles. The van der Waals surface area contributed by atoms with Crippen molar-refractivity contribution < 1.29 is 38.1 Å². The molecule has 0 spiro atoms. The molecular weight excluding hydrogens is 725 g/mol. The molecule has 2 aromatic rings. The van der Waals surface area contributed by atoms with Crippen molar-refractivity contribution in [3.8, 4) is 11.5 Å². The van der Waals surface area contributed by atoms with Gasteiger partial charge in [-0.1, -0.05) is 83.5 Å². The second-order valence-electron chi connectivity index (χ2n) is 11.7. The van der Waals surface area contributed by atoms with Gasteiger partial charge in [-0.2, -0.15) is 0 Å². The number of halogens is 6. The van der Waals surface area contributed by atoms with Gasteiger partial charge in [-0.05, 0) is 87.2 Å². The molecule has 2 fully saturated rings. The minimum absolute atomic E-state index is 0.0695. The average Bonchev–Trinajstić information content (AvgIpc) is 3.92. The summed E-state index contributed by atoms with van der Waals surface area (Å²) in [4.78, 5) is 51.9. The van der Waals surface area contributed by atoms with E-state index < -0.39 is 46.5 Å². The number of hydrogen-bond acceptors (Lipinski definition) is 8. The van der Waals surface area contributed by atoms with Crippen LogP contribution in [0, 0.1) is 23.7 Å². The molecule has 0 amide bonds. The topological polar surface area (TPSA) is 105 Å². The van der Waals surface area contributed by atoms with Crippen LogP contribution in [0.2, 0.25) is 30.1 Å². The first-order chi connectivity index (χ1) is 21.8. The maximum absolute atomic E-state index is 13.0. The summed E-state index contributed by atoms with van der Waals surface area (Å²) in [5.41, 5.74) is -0.910. The Morgan fingerprint density at radius 3 is 1.30 bits per heavy atom. The lowest BCUT2D eigenvalue weighted by Gasteiger charge is -2.16. The van der Waals surface area contributed by atoms with Gasteiger partial charge in [-0.15, -0.1) is 0 Å². The molecular formula is C32H32Cl6O8. The third-order valence-corrected chi connectivity index (χ3v) is 10.3. The van der Waals surface area contributed by atoms with Gasteiger partial charge in [0.25, 0.3) is 0 Å². The van der Waals surface area contributed by atoms with Crippen LogP contribution >= 0.6 is 69.6 Å². The molecule has 2 saturated carbocycles. The lowest BCUT2D eigenvalue weighted by atomic mass is 10.0. The van der Waals surface area contributed by atoms with E-state index in [1.165, 1.54) is 25.7 Å². The van der Waals surface area contributed by atoms with Gasteiger partial charge in [0.2, 0.25) is 0 Å². The quantitative estimate of drug-likeness (QED) is 0.0617. The normalized spacial score (nSPS) is 15.6. The Morgan fingerprint density at radius 2 is 0.978 bits per heavy atom. The van der Waals surface area contributed by atoms with Crippen molar-refractivity contribution in [3.63, 3.8) is 0 Å². The minimum Gasteiger partial charge on any atom is -0.462 e. The molecule has 14 heteroatoms. The summed E-state index contributed by atoms with van der Waals surface area (Å²) in [7, 11) is 0. The molecule has 2 aromatic carbocycles. The third-order valence-electron chi connectivity index (χ3n) is 8.15. The van der Waals surface area contributed by atoms with Gasteiger partial charge < -0.3 is 18.9 Å². The predicted octanol–water partition coefficient (Wildman–Crippen LogP) is 10.1. The standard InChI is InChI=1S/C32H32Cl6O8/c1-15(17-7-8-17)5-3-11-43-29(39)23-25(37)19(33)13-21(35)27(23)45-31(41)32(42)46-28-22(36)14-20(34)26(38)24(28)30(40)44-12-4-6-16(2)18-9-10-18/h13-18H,3-12H2,1-2H3. The fourth-order valence-corrected chi connectivity index (χ4v) is 6.52. The van der Waals surface area contributed by atoms with E-state index in [1.807, 2.05) is 0 Å². The number of hydrogen-bond donors (Lipinski definition) is 0. The number of ether oxygens (including phenoxy) is 4. The summed E-state index contributed by atoms with van der Waals surface area (Å²) in [5.74, 6) is -3.92. The van der Waals surface area contributed by atoms with Gasteiger partial charge in [0.15, 0.2) is 11.5 Å². The largest absolute Gasteiger partial charge is 0.462 e. The minimum atomic E-state index is -1.64. The molecule has 0 N–H and O–H groups in total. The van der Waals surface area contributed by atoms with Crippen LogP contribution in [-0.2, 0) is 19.1 Å². The Morgan fingerprint density at radius 1 is 0.630 bits per heavy atom. The number of esters is 4. The fourth-order valence-electron chi connectivity index (χ4n) is 5.08. The highest BCUT2D eigenvalue weighted by Crippen LogP contribution is 2.43. The molecule has 8 nitrogen and oxygen atoms in total. The lowest BCUT2D eigenvalue weighted by molar-refractivity contribution is -0.156. The number of rotatable bonds is 14. The van der Waals surface area contributed by atoms with E-state index in [-0.39, 0.29) is 43.3 Å². The number of carbonyl (C=O) groups excluding carboxylic acids is 4. The van der Waals surface area contributed by atoms with Gasteiger partial charge in [0, 0.05) is 0 Å². The average molecular weight is 757 g/mol. The highest BCUT2D eigenvalue weighted by molar-refractivity contribution is 6.47. The van der Waals surface area contributed by atoms with Crippen molar-refractivity contribution in [2.24, 2.45) is 23.7 Å². The Balaban J connectivity index is 1.45. The van der Waals surface area contributed by atoms with Crippen LogP contribution in [0.3, 0.4) is 0 Å². The van der Waals surface area contributed by atoms with Gasteiger partial charge in [-0.25, -0.2) is 19.2 Å². The molecule has 250 valence electrons. The monoisotopic (exact) mass is 754 g/mol. The van der Waals surface area contributed by atoms with Crippen molar-refractivity contribution in [1.29, 1.82) is 0 Å². The second-order valence-corrected chi connectivity index (χ2v) is 14.1. The molecule has 0 heterocycles. The maximum atomic E-state index is 13.0. The molecule has 2 atom stereocenters. The molecule has 2 aliphatic rings. The molecule has 0 saturated heterocycles. The van der Waals surface area contributed by atoms with Crippen molar-refractivity contribution in [2.45, 2.75) is 65.2 Å². The summed E-state index contributed by atoms with van der Waals surface area (Å²) in [6, 6.07) is 2.26. The van der Waals surface area contributed by atoms with Crippen LogP contribution in [-0.4, -0.2) is 37.1 Å². The van der Waals surface area contributed by atoms with Crippen LogP contribution in [0.5, 0.6) is 11.5 Å². The van der Waals surface area contributed by atoms with Crippen molar-refractivity contribution in [1.82, 2.24) is 0 Å². The van der Waals surface area contributed by atoms with E-state index in [0.29, 0.717) is 36.5 Å². The van der Waals surface area contributed by atoms with Crippen molar-refractivity contribution in [2.75, 3.05) is 13.2 Å². The molecule has 0 aromatic heterocycles. The summed E-state index contributed by atoms with van der Waals surface area (Å²) in [5, 5.41) is -1.45. The Labute approximate surface area is 297 Å². The van der Waals surface area contributed by atoms with E-state index in [2.05, 4.69) is 13.8 Å². The fraction of sp³-hybridized carbons (Fsp3) is 0.500. The Kier molecular flexibility index (Phi) is 13.2. The first-order valence-corrected chi connectivity index (χ1v) is 17.2. The second kappa shape index (κ2) is 16.4. The van der Waals surface area contributed by atoms with Crippen LogP contribution < -0.4 is 9.47 Å². The third kappa shape index (κ3) is 9.57. The molecule has 2 unspecified atom stereocenters. The zero-order chi connectivity index (χ0) is 33.7. The van der Waals surface area contributed by atoms with Crippen LogP contribution in [0.4, 0.5) is 0 Å². The van der Waals surface area contributed by atoms with Gasteiger partial charge in [-0.3, -0.25) is 0 Å². The highest BCUT2D eigenvalue weighted by atomic mass is 35.5. The van der Waals surface area contributed by atoms with Gasteiger partial charge in [0.1, 0.15) is 11.1 Å². The smallest absolute Gasteiger partial charge is 0.423 e. The summed E-state index contributed by atoms with van der Waals surface area (Å²) >= 11 is 37.3. The number of carbonyl (C=O) groups is 4. The summed E-state index contributed by atoms with van der Waals surface area (Å²) in [6.45, 7) is 4.44. The van der Waals surface area contributed by atoms with E-state index in [1.54, 1.807) is 0 Å². The predicted molar refractivity (Wildman–Crippen MR) is 177 cm³/mol. The SMILES string of the molecule is CC(CCCOC(=O)c1c(Cl)c(Cl)cc(Cl)c1OC(=O)C(=O)Oc1c(Cl)cc(Cl)c(Cl)c1C(=O)OCCCC(C)C1CC1)C1CC1. The van der Waals surface area contributed by atoms with Crippen LogP contribution in [0.25, 0.3) is 0 Å². The maximum Gasteiger partial charge on any atom is 0.423 e. The Hall–Kier alpha value is -1.94. The molecule has 0 aliphatic heterocycles. The van der Waals surface area contributed by atoms with Crippen LogP contribution in [0.1, 0.15) is 85.9 Å². The Bertz CT molecular complexity index is 1390. The molecule has 4 rings (SSSR count). The van der Waals surface area contributed by atoms with Crippen molar-refractivity contribution >= 4 is 93.5 Å². The van der Waals surface area contributed by atoms with Gasteiger partial charge >= 0.3 is 23.9 Å². The molecule has 0 bridgehead atoms. The molecule has 0 radical (unpaired) electrons. The first kappa shape index (κ1) is 36.9. The van der Waals surface area contributed by atoms with Gasteiger partial charge in [0.05, 0.1) is 43.3 Å². The van der Waals surface area contributed by atoms with Crippen molar-refractivity contribution in [3.05, 3.63) is 53.4 Å². The zero-order valence-electron chi connectivity index (χ0n) is 25.1. The summed E-state index contributed by atoms with van der Waals surface area (Å²) < 4.78 is 21.0. The van der Waals surface area contributed by atoms with E-state index in [0.717, 1.165) is 25.0 Å².